The molecule has 1 aromatic carbocycles. The minimum absolute atomic E-state index is 0.218. The van der Waals surface area contributed by atoms with Crippen LogP contribution in [0.25, 0.3) is 0 Å². The van der Waals surface area contributed by atoms with Gasteiger partial charge in [0.05, 0.1) is 6.54 Å². The summed E-state index contributed by atoms with van der Waals surface area (Å²) in [6, 6.07) is 7.01. The lowest BCUT2D eigenvalue weighted by Crippen LogP contribution is -2.37. The molecule has 14 heavy (non-hydrogen) atoms. The van der Waals surface area contributed by atoms with Gasteiger partial charge in [0.1, 0.15) is 5.75 Å². The molecular formula is C11H17NO2. The van der Waals surface area contributed by atoms with Gasteiger partial charge in [-0.2, -0.15) is 5.06 Å². The third-order valence-corrected chi connectivity index (χ3v) is 2.09. The molecule has 0 atom stereocenters. The molecule has 78 valence electrons. The molecule has 1 rings (SSSR count). The first-order valence-electron chi connectivity index (χ1n) is 4.64. The molecule has 2 N–H and O–H groups in total. The number of phenolic OH excluding ortho intramolecular Hbond substituents is 1. The molecule has 0 fully saturated rings. The fourth-order valence-electron chi connectivity index (χ4n) is 1.04. The maximum Gasteiger partial charge on any atom is 0.120 e. The van der Waals surface area contributed by atoms with Crippen LogP contribution in [0, 0.1) is 0 Å². The van der Waals surface area contributed by atoms with Gasteiger partial charge in [0, 0.05) is 11.1 Å². The molecule has 0 bridgehead atoms. The van der Waals surface area contributed by atoms with E-state index in [0.717, 1.165) is 5.56 Å². The molecule has 3 nitrogen and oxygen atoms in total. The van der Waals surface area contributed by atoms with Crippen molar-refractivity contribution in [2.24, 2.45) is 0 Å². The maximum atomic E-state index is 9.69. The average Bonchev–Trinajstić information content (AvgIpc) is 2.07. The first-order valence-corrected chi connectivity index (χ1v) is 4.64. The van der Waals surface area contributed by atoms with Crippen LogP contribution < -0.4 is 0 Å². The highest BCUT2D eigenvalue weighted by molar-refractivity contribution is 5.31. The van der Waals surface area contributed by atoms with Crippen LogP contribution in [-0.2, 0) is 6.54 Å². The Morgan fingerprint density at radius 2 is 1.79 bits per heavy atom. The third kappa shape index (κ3) is 2.72. The van der Waals surface area contributed by atoms with E-state index < -0.39 is 0 Å². The van der Waals surface area contributed by atoms with E-state index in [1.165, 1.54) is 5.06 Å². The zero-order chi connectivity index (χ0) is 10.8. The lowest BCUT2D eigenvalue weighted by atomic mass is 10.1. The Balaban J connectivity index is 2.75. The van der Waals surface area contributed by atoms with Crippen LogP contribution >= 0.6 is 0 Å². The molecular weight excluding hydrogens is 178 g/mol. The smallest absolute Gasteiger partial charge is 0.120 e. The monoisotopic (exact) mass is 195 g/mol. The molecule has 1 aromatic rings. The van der Waals surface area contributed by atoms with Crippen LogP contribution in [0.15, 0.2) is 24.3 Å². The minimum atomic E-state index is -0.317. The summed E-state index contributed by atoms with van der Waals surface area (Å²) in [4.78, 5) is 0. The maximum absolute atomic E-state index is 9.69. The topological polar surface area (TPSA) is 43.7 Å². The molecule has 0 unspecified atom stereocenters. The Hall–Kier alpha value is -1.06. The Bertz CT molecular complexity index is 304. The van der Waals surface area contributed by atoms with E-state index >= 15 is 0 Å². The number of hydroxylamine groups is 2. The van der Waals surface area contributed by atoms with Crippen molar-refractivity contribution >= 4 is 0 Å². The van der Waals surface area contributed by atoms with E-state index in [-0.39, 0.29) is 11.3 Å². The summed E-state index contributed by atoms with van der Waals surface area (Å²) < 4.78 is 0. The lowest BCUT2D eigenvalue weighted by Gasteiger charge is -2.29. The van der Waals surface area contributed by atoms with Crippen molar-refractivity contribution in [3.8, 4) is 5.75 Å². The number of hydrogen-bond acceptors (Lipinski definition) is 3. The van der Waals surface area contributed by atoms with Gasteiger partial charge in [-0.15, -0.1) is 0 Å². The van der Waals surface area contributed by atoms with Crippen LogP contribution in [-0.4, -0.2) is 20.9 Å². The Morgan fingerprint density at radius 1 is 1.21 bits per heavy atom. The molecule has 0 amide bonds. The first-order chi connectivity index (χ1) is 6.41. The van der Waals surface area contributed by atoms with Gasteiger partial charge in [-0.3, -0.25) is 0 Å². The highest BCUT2D eigenvalue weighted by Crippen LogP contribution is 2.20. The predicted molar refractivity (Wildman–Crippen MR) is 55.2 cm³/mol. The van der Waals surface area contributed by atoms with Crippen LogP contribution in [0.5, 0.6) is 5.75 Å². The van der Waals surface area contributed by atoms with Crippen molar-refractivity contribution in [2.45, 2.75) is 32.9 Å². The van der Waals surface area contributed by atoms with E-state index in [0.29, 0.717) is 6.54 Å². The van der Waals surface area contributed by atoms with Gasteiger partial charge < -0.3 is 10.3 Å². The zero-order valence-electron chi connectivity index (χ0n) is 8.86. The fourth-order valence-corrected chi connectivity index (χ4v) is 1.04. The van der Waals surface area contributed by atoms with E-state index in [1.807, 2.05) is 26.8 Å². The van der Waals surface area contributed by atoms with Crippen molar-refractivity contribution in [3.05, 3.63) is 29.8 Å². The summed E-state index contributed by atoms with van der Waals surface area (Å²) in [6.07, 6.45) is 0. The molecule has 3 heteroatoms. The minimum Gasteiger partial charge on any atom is -0.508 e. The molecule has 0 aromatic heterocycles. The van der Waals surface area contributed by atoms with Crippen LogP contribution in [0.1, 0.15) is 26.3 Å². The van der Waals surface area contributed by atoms with Crippen molar-refractivity contribution in [1.82, 2.24) is 5.06 Å². The first kappa shape index (κ1) is 11.0. The standard InChI is InChI=1S/C11H17NO2/c1-11(2,3)12(14)8-9-6-4-5-7-10(9)13/h4-7,13-14H,8H2,1-3H3. The summed E-state index contributed by atoms with van der Waals surface area (Å²) in [5.41, 5.74) is 0.410. The number of hydrogen-bond donors (Lipinski definition) is 2. The Labute approximate surface area is 84.6 Å². The molecule has 0 saturated heterocycles. The summed E-state index contributed by atoms with van der Waals surface area (Å²) in [6.45, 7) is 6.06. The van der Waals surface area contributed by atoms with E-state index in [9.17, 15) is 10.3 Å². The van der Waals surface area contributed by atoms with Gasteiger partial charge in [0.15, 0.2) is 0 Å². The summed E-state index contributed by atoms with van der Waals surface area (Å²) in [5.74, 6) is 0.218. The van der Waals surface area contributed by atoms with Gasteiger partial charge in [-0.25, -0.2) is 0 Å². The second kappa shape index (κ2) is 3.98. The summed E-state index contributed by atoms with van der Waals surface area (Å²) in [7, 11) is 0. The Morgan fingerprint density at radius 3 is 2.29 bits per heavy atom. The van der Waals surface area contributed by atoms with Crippen LogP contribution in [0.4, 0.5) is 0 Å². The van der Waals surface area contributed by atoms with Gasteiger partial charge in [0.2, 0.25) is 0 Å². The molecule has 0 heterocycles. The number of nitrogens with zero attached hydrogens (tertiary/aromatic N) is 1. The average molecular weight is 195 g/mol. The molecule has 0 aliphatic heterocycles. The number of aromatic hydroxyl groups is 1. The molecule has 0 aliphatic carbocycles. The molecule has 0 radical (unpaired) electrons. The fraction of sp³-hybridized carbons (Fsp3) is 0.455. The van der Waals surface area contributed by atoms with Crippen molar-refractivity contribution in [1.29, 1.82) is 0 Å². The van der Waals surface area contributed by atoms with Gasteiger partial charge in [-0.05, 0) is 26.8 Å². The SMILES string of the molecule is CC(C)(C)N(O)Cc1ccccc1O. The number of benzene rings is 1. The van der Waals surface area contributed by atoms with E-state index in [4.69, 9.17) is 0 Å². The largest absolute Gasteiger partial charge is 0.508 e. The normalized spacial score (nSPS) is 12.1. The van der Waals surface area contributed by atoms with E-state index in [2.05, 4.69) is 0 Å². The highest BCUT2D eigenvalue weighted by Gasteiger charge is 2.19. The summed E-state index contributed by atoms with van der Waals surface area (Å²) >= 11 is 0. The predicted octanol–water partition coefficient (Wildman–Crippen LogP) is 2.38. The Kier molecular flexibility index (Phi) is 3.13. The number of para-hydroxylation sites is 1. The molecule has 0 aliphatic rings. The van der Waals surface area contributed by atoms with Gasteiger partial charge in [0.25, 0.3) is 0 Å². The number of phenols is 1. The lowest BCUT2D eigenvalue weighted by molar-refractivity contribution is -0.164. The zero-order valence-corrected chi connectivity index (χ0v) is 8.86. The van der Waals surface area contributed by atoms with Crippen LogP contribution in [0.3, 0.4) is 0 Å². The van der Waals surface area contributed by atoms with Gasteiger partial charge >= 0.3 is 0 Å². The van der Waals surface area contributed by atoms with Gasteiger partial charge in [-0.1, -0.05) is 18.2 Å². The third-order valence-electron chi connectivity index (χ3n) is 2.09. The van der Waals surface area contributed by atoms with Crippen molar-refractivity contribution in [3.63, 3.8) is 0 Å². The highest BCUT2D eigenvalue weighted by atomic mass is 16.5. The quantitative estimate of drug-likeness (QED) is 0.712. The second-order valence-electron chi connectivity index (χ2n) is 4.36. The number of rotatable bonds is 2. The van der Waals surface area contributed by atoms with E-state index in [1.54, 1.807) is 18.2 Å². The van der Waals surface area contributed by atoms with Crippen molar-refractivity contribution in [2.75, 3.05) is 0 Å². The van der Waals surface area contributed by atoms with Crippen LogP contribution in [0.2, 0.25) is 0 Å². The van der Waals surface area contributed by atoms with Crippen molar-refractivity contribution < 1.29 is 10.3 Å². The summed E-state index contributed by atoms with van der Waals surface area (Å²) in [5, 5.41) is 20.4. The second-order valence-corrected chi connectivity index (χ2v) is 4.36. The molecule has 0 saturated carbocycles. The molecule has 0 spiro atoms.